The molecule has 1 aliphatic heterocycles. The van der Waals surface area contributed by atoms with E-state index in [1.54, 1.807) is 0 Å². The molecule has 0 aliphatic carbocycles. The third-order valence-electron chi connectivity index (χ3n) is 9.56. The lowest BCUT2D eigenvalue weighted by molar-refractivity contribution is -0.161. The Morgan fingerprint density at radius 3 is 1.67 bits per heavy atom. The van der Waals surface area contributed by atoms with Gasteiger partial charge in [0, 0.05) is 12.8 Å². The number of phosphoric ester groups is 1. The number of carbonyl (C=O) groups is 3. The zero-order valence-corrected chi connectivity index (χ0v) is 36.0. The molecule has 0 radical (unpaired) electrons. The third kappa shape index (κ3) is 33.0. The number of hydrogen-bond acceptors (Lipinski definition) is 10. The number of carboxylic acids is 1. The van der Waals surface area contributed by atoms with Crippen molar-refractivity contribution in [2.24, 2.45) is 5.73 Å². The molecule has 1 aliphatic rings. The van der Waals surface area contributed by atoms with Crippen LogP contribution in [0.2, 0.25) is 0 Å². The van der Waals surface area contributed by atoms with Gasteiger partial charge in [-0.1, -0.05) is 152 Å². The predicted molar refractivity (Wildman–Crippen MR) is 226 cm³/mol. The van der Waals surface area contributed by atoms with Crippen LogP contribution in [-0.2, 0) is 42.2 Å². The summed E-state index contributed by atoms with van der Waals surface area (Å²) in [6.45, 7) is 2.65. The largest absolute Gasteiger partial charge is 0.480 e. The van der Waals surface area contributed by atoms with Gasteiger partial charge in [-0.2, -0.15) is 0 Å². The lowest BCUT2D eigenvalue weighted by Gasteiger charge is -2.20. The number of allylic oxidation sites excluding steroid dienone is 7. The highest BCUT2D eigenvalue weighted by Gasteiger charge is 2.35. The molecule has 0 aromatic heterocycles. The molecule has 12 nitrogen and oxygen atoms in total. The molecule has 328 valence electrons. The zero-order valence-electron chi connectivity index (χ0n) is 35.1. The van der Waals surface area contributed by atoms with Crippen LogP contribution in [0.5, 0.6) is 0 Å². The quantitative estimate of drug-likeness (QED) is 0.0175. The van der Waals surface area contributed by atoms with Crippen LogP contribution in [0, 0.1) is 0 Å². The number of phosphoric acid groups is 1. The molecule has 4 N–H and O–H groups in total. The molecule has 0 aromatic carbocycles. The fourth-order valence-electron chi connectivity index (χ4n) is 5.99. The Hall–Kier alpha value is -2.60. The molecule has 57 heavy (non-hydrogen) atoms. The van der Waals surface area contributed by atoms with Gasteiger partial charge in [0.1, 0.15) is 12.6 Å². The first-order valence-corrected chi connectivity index (χ1v) is 23.3. The van der Waals surface area contributed by atoms with Gasteiger partial charge in [0.2, 0.25) is 0 Å². The van der Waals surface area contributed by atoms with Crippen molar-refractivity contribution in [3.63, 3.8) is 0 Å². The second kappa shape index (κ2) is 35.4. The summed E-state index contributed by atoms with van der Waals surface area (Å²) in [5.74, 6) is -2.46. The molecule has 1 fully saturated rings. The van der Waals surface area contributed by atoms with Gasteiger partial charge in [-0.05, 0) is 51.4 Å². The highest BCUT2D eigenvalue weighted by atomic mass is 31.2. The molecule has 0 spiro atoms. The average molecular weight is 826 g/mol. The number of epoxide rings is 1. The maximum atomic E-state index is 12.6. The van der Waals surface area contributed by atoms with Gasteiger partial charge in [0.05, 0.1) is 25.4 Å². The number of nitrogens with two attached hydrogens (primary N) is 1. The second-order valence-electron chi connectivity index (χ2n) is 14.8. The van der Waals surface area contributed by atoms with Gasteiger partial charge in [-0.15, -0.1) is 0 Å². The lowest BCUT2D eigenvalue weighted by Crippen LogP contribution is -2.34. The van der Waals surface area contributed by atoms with Gasteiger partial charge in [-0.3, -0.25) is 23.4 Å². The van der Waals surface area contributed by atoms with E-state index in [0.29, 0.717) is 31.5 Å². The molecule has 1 rings (SSSR count). The Kier molecular flexibility index (Phi) is 32.5. The molecule has 1 heterocycles. The maximum absolute atomic E-state index is 12.6. The zero-order chi connectivity index (χ0) is 41.8. The summed E-state index contributed by atoms with van der Waals surface area (Å²) in [5, 5.41) is 8.89. The topological polar surface area (TPSA) is 184 Å². The number of unbranched alkanes of at least 4 members (excludes halogenated alkanes) is 15. The van der Waals surface area contributed by atoms with Crippen LogP contribution in [0.4, 0.5) is 0 Å². The minimum Gasteiger partial charge on any atom is -0.480 e. The number of carboxylic acid groups (broad SMARTS) is 1. The van der Waals surface area contributed by atoms with E-state index >= 15 is 0 Å². The van der Waals surface area contributed by atoms with E-state index < -0.39 is 51.1 Å². The Bertz CT molecular complexity index is 1220. The highest BCUT2D eigenvalue weighted by Crippen LogP contribution is 2.43. The minimum atomic E-state index is -4.73. The number of aliphatic carboxylic acids is 1. The Labute approximate surface area is 343 Å². The summed E-state index contributed by atoms with van der Waals surface area (Å²) in [6.07, 6.45) is 40.9. The average Bonchev–Trinajstić information content (AvgIpc) is 3.96. The van der Waals surface area contributed by atoms with E-state index in [0.717, 1.165) is 51.4 Å². The van der Waals surface area contributed by atoms with Crippen LogP contribution in [0.1, 0.15) is 168 Å². The number of ether oxygens (including phenoxy) is 3. The summed E-state index contributed by atoms with van der Waals surface area (Å²) in [4.78, 5) is 45.9. The van der Waals surface area contributed by atoms with Crippen LogP contribution in [0.3, 0.4) is 0 Å². The van der Waals surface area contributed by atoms with E-state index in [-0.39, 0.29) is 19.4 Å². The molecule has 0 bridgehead atoms. The van der Waals surface area contributed by atoms with E-state index in [9.17, 15) is 23.8 Å². The van der Waals surface area contributed by atoms with Crippen molar-refractivity contribution in [3.8, 4) is 0 Å². The van der Waals surface area contributed by atoms with Crippen molar-refractivity contribution in [2.45, 2.75) is 192 Å². The molecule has 5 unspecified atom stereocenters. The van der Waals surface area contributed by atoms with Gasteiger partial charge in [0.15, 0.2) is 6.10 Å². The summed E-state index contributed by atoms with van der Waals surface area (Å²) in [6, 6.07) is -1.53. The fraction of sp³-hybridized carbons (Fsp3) is 0.750. The van der Waals surface area contributed by atoms with Crippen molar-refractivity contribution in [3.05, 3.63) is 48.6 Å². The van der Waals surface area contributed by atoms with Crippen molar-refractivity contribution in [1.29, 1.82) is 0 Å². The van der Waals surface area contributed by atoms with Crippen LogP contribution in [0.25, 0.3) is 0 Å². The maximum Gasteiger partial charge on any atom is 0.472 e. The normalized spacial score (nSPS) is 17.8. The molecular weight excluding hydrogens is 749 g/mol. The number of carbonyl (C=O) groups excluding carboxylic acids is 2. The SMILES string of the molecule is CCCCCCCCCCCCCCCCCC(=O)OCC(COP(=O)(O)OCC(N)C(=O)O)OC(=O)CCCC=CCC=CCC=CCC=CCC1OC1CC. The Morgan fingerprint density at radius 2 is 1.14 bits per heavy atom. The molecular formula is C44H76NO11P. The van der Waals surface area contributed by atoms with Gasteiger partial charge in [-0.25, -0.2) is 4.57 Å². The van der Waals surface area contributed by atoms with Crippen LogP contribution in [0.15, 0.2) is 48.6 Å². The first kappa shape index (κ1) is 52.4. The minimum absolute atomic E-state index is 0.0800. The van der Waals surface area contributed by atoms with E-state index in [1.807, 2.05) is 12.2 Å². The van der Waals surface area contributed by atoms with Crippen LogP contribution >= 0.6 is 7.82 Å². The second-order valence-corrected chi connectivity index (χ2v) is 16.3. The molecule has 0 aromatic rings. The molecule has 13 heteroatoms. The van der Waals surface area contributed by atoms with Crippen molar-refractivity contribution in [1.82, 2.24) is 0 Å². The van der Waals surface area contributed by atoms with Gasteiger partial charge >= 0.3 is 25.7 Å². The van der Waals surface area contributed by atoms with Crippen molar-refractivity contribution < 1.29 is 52.2 Å². The summed E-state index contributed by atoms with van der Waals surface area (Å²) >= 11 is 0. The number of esters is 2. The Morgan fingerprint density at radius 1 is 0.649 bits per heavy atom. The third-order valence-corrected chi connectivity index (χ3v) is 10.5. The molecule has 0 saturated carbocycles. The van der Waals surface area contributed by atoms with Crippen molar-refractivity contribution >= 4 is 25.7 Å². The smallest absolute Gasteiger partial charge is 0.472 e. The summed E-state index contributed by atoms with van der Waals surface area (Å²) < 4.78 is 38.2. The lowest BCUT2D eigenvalue weighted by atomic mass is 10.0. The fourth-order valence-corrected chi connectivity index (χ4v) is 6.77. The summed E-state index contributed by atoms with van der Waals surface area (Å²) in [7, 11) is -4.73. The van der Waals surface area contributed by atoms with Crippen LogP contribution < -0.4 is 5.73 Å². The predicted octanol–water partition coefficient (Wildman–Crippen LogP) is 10.4. The number of rotatable bonds is 39. The first-order valence-electron chi connectivity index (χ1n) is 21.8. The molecule has 5 atom stereocenters. The van der Waals surface area contributed by atoms with Crippen molar-refractivity contribution in [2.75, 3.05) is 19.8 Å². The van der Waals surface area contributed by atoms with Gasteiger partial charge in [0.25, 0.3) is 0 Å². The molecule has 0 amide bonds. The molecule has 1 saturated heterocycles. The number of hydrogen-bond donors (Lipinski definition) is 3. The highest BCUT2D eigenvalue weighted by molar-refractivity contribution is 7.47. The first-order chi connectivity index (χ1) is 27.6. The van der Waals surface area contributed by atoms with Crippen LogP contribution in [-0.4, -0.2) is 72.1 Å². The van der Waals surface area contributed by atoms with E-state index in [1.165, 1.54) is 70.6 Å². The van der Waals surface area contributed by atoms with Gasteiger partial charge < -0.3 is 29.9 Å². The summed E-state index contributed by atoms with van der Waals surface area (Å²) in [5.41, 5.74) is 5.33. The standard InChI is InChI=1S/C44H76NO11P/c1-3-5-6-7-8-9-10-11-12-15-18-21-24-27-30-33-42(46)52-35-38(36-53-57(50,51)54-37-39(45)44(48)49)55-43(47)34-31-28-25-22-19-16-13-14-17-20-23-26-29-32-41-40(4-2)56-41/h13,16-17,20,22,25-26,29,38-41H,3-12,14-15,18-19,21,23-24,27-28,30-37,45H2,1-2H3,(H,48,49)(H,50,51). The Balaban J connectivity index is 2.31. The van der Waals surface area contributed by atoms with E-state index in [2.05, 4.69) is 54.8 Å². The van der Waals surface area contributed by atoms with E-state index in [4.69, 9.17) is 29.6 Å². The monoisotopic (exact) mass is 826 g/mol.